The molecule has 0 spiro atoms. The van der Waals surface area contributed by atoms with Gasteiger partial charge in [-0.25, -0.2) is 22.3 Å². The molecule has 0 aromatic heterocycles. The highest BCUT2D eigenvalue weighted by Crippen LogP contribution is 2.21. The van der Waals surface area contributed by atoms with Gasteiger partial charge in [0.1, 0.15) is 16.3 Å². The molecule has 0 atom stereocenters. The summed E-state index contributed by atoms with van der Waals surface area (Å²) in [4.78, 5) is 10.9. The molecule has 0 saturated carbocycles. The Morgan fingerprint density at radius 1 is 1.30 bits per heavy atom. The first kappa shape index (κ1) is 19.2. The van der Waals surface area contributed by atoms with Crippen molar-refractivity contribution in [2.24, 2.45) is 0 Å². The predicted molar refractivity (Wildman–Crippen MR) is 85.0 cm³/mol. The summed E-state index contributed by atoms with van der Waals surface area (Å²) in [6.07, 6.45) is -0.664. The van der Waals surface area contributed by atoms with E-state index in [1.54, 1.807) is 27.7 Å². The number of anilines is 1. The van der Waals surface area contributed by atoms with Crippen LogP contribution in [0.25, 0.3) is 0 Å². The fourth-order valence-electron chi connectivity index (χ4n) is 1.62. The molecule has 1 amide bonds. The fraction of sp³-hybridized carbons (Fsp3) is 0.500. The third kappa shape index (κ3) is 6.03. The van der Waals surface area contributed by atoms with E-state index in [1.165, 1.54) is 0 Å². The SMILES string of the molecule is Cc1cc(F)c(S(=O)(=O)NCCNC(=O)OC(C)(C)C)cc1N. The zero-order valence-electron chi connectivity index (χ0n) is 13.6. The zero-order chi connectivity index (χ0) is 17.8. The van der Waals surface area contributed by atoms with Crippen molar-refractivity contribution in [1.29, 1.82) is 0 Å². The molecule has 0 aliphatic heterocycles. The molecule has 0 aliphatic carbocycles. The van der Waals surface area contributed by atoms with Crippen LogP contribution in [0.15, 0.2) is 17.0 Å². The van der Waals surface area contributed by atoms with Crippen molar-refractivity contribution < 1.29 is 22.3 Å². The van der Waals surface area contributed by atoms with Gasteiger partial charge in [0.2, 0.25) is 10.0 Å². The number of aryl methyl sites for hydroxylation is 1. The summed E-state index contributed by atoms with van der Waals surface area (Å²) in [7, 11) is -4.06. The smallest absolute Gasteiger partial charge is 0.407 e. The number of nitrogen functional groups attached to an aromatic ring is 1. The Kier molecular flexibility index (Phi) is 5.95. The molecule has 4 N–H and O–H groups in total. The van der Waals surface area contributed by atoms with Crippen LogP contribution in [0.5, 0.6) is 0 Å². The number of halogens is 1. The third-order valence-corrected chi connectivity index (χ3v) is 4.17. The second-order valence-electron chi connectivity index (χ2n) is 5.97. The number of alkyl carbamates (subject to hydrolysis) is 1. The van der Waals surface area contributed by atoms with Crippen molar-refractivity contribution in [3.8, 4) is 0 Å². The number of nitrogens with one attached hydrogen (secondary N) is 2. The van der Waals surface area contributed by atoms with E-state index < -0.39 is 32.4 Å². The molecule has 1 aromatic carbocycles. The van der Waals surface area contributed by atoms with Crippen LogP contribution in [0, 0.1) is 12.7 Å². The number of carbonyl (C=O) groups excluding carboxylic acids is 1. The molecule has 1 rings (SSSR count). The maximum absolute atomic E-state index is 13.8. The Morgan fingerprint density at radius 2 is 1.91 bits per heavy atom. The standard InChI is InChI=1S/C14H22FN3O4S/c1-9-7-10(15)12(8-11(9)16)23(20,21)18-6-5-17-13(19)22-14(2,3)4/h7-8,18H,5-6,16H2,1-4H3,(H,17,19). The molecule has 0 fully saturated rings. The van der Waals surface area contributed by atoms with Gasteiger partial charge < -0.3 is 15.8 Å². The van der Waals surface area contributed by atoms with Gasteiger partial charge in [-0.15, -0.1) is 0 Å². The van der Waals surface area contributed by atoms with Gasteiger partial charge in [-0.2, -0.15) is 0 Å². The van der Waals surface area contributed by atoms with Crippen molar-refractivity contribution in [3.63, 3.8) is 0 Å². The van der Waals surface area contributed by atoms with E-state index in [1.807, 2.05) is 0 Å². The minimum Gasteiger partial charge on any atom is -0.444 e. The number of amides is 1. The minimum atomic E-state index is -4.06. The number of benzene rings is 1. The lowest BCUT2D eigenvalue weighted by atomic mass is 10.2. The Balaban J connectivity index is 2.61. The maximum Gasteiger partial charge on any atom is 0.407 e. The summed E-state index contributed by atoms with van der Waals surface area (Å²) in [6, 6.07) is 2.12. The van der Waals surface area contributed by atoms with Crippen molar-refractivity contribution in [3.05, 3.63) is 23.5 Å². The number of hydrogen-bond acceptors (Lipinski definition) is 5. The van der Waals surface area contributed by atoms with Gasteiger partial charge in [0, 0.05) is 18.8 Å². The lowest BCUT2D eigenvalue weighted by Gasteiger charge is -2.19. The molecule has 9 heteroatoms. The quantitative estimate of drug-likeness (QED) is 0.552. The summed E-state index contributed by atoms with van der Waals surface area (Å²) in [5.74, 6) is -0.885. The molecule has 1 aromatic rings. The van der Waals surface area contributed by atoms with Crippen LogP contribution in [0.1, 0.15) is 26.3 Å². The van der Waals surface area contributed by atoms with Gasteiger partial charge in [-0.1, -0.05) is 0 Å². The van der Waals surface area contributed by atoms with Gasteiger partial charge in [0.25, 0.3) is 0 Å². The third-order valence-electron chi connectivity index (χ3n) is 2.70. The minimum absolute atomic E-state index is 0.00287. The van der Waals surface area contributed by atoms with Crippen LogP contribution in [0.3, 0.4) is 0 Å². The first-order valence-corrected chi connectivity index (χ1v) is 8.43. The van der Waals surface area contributed by atoms with Crippen molar-refractivity contribution >= 4 is 21.8 Å². The van der Waals surface area contributed by atoms with Gasteiger partial charge in [0.15, 0.2) is 0 Å². The van der Waals surface area contributed by atoms with Gasteiger partial charge in [0.05, 0.1) is 0 Å². The second kappa shape index (κ2) is 7.14. The second-order valence-corrected chi connectivity index (χ2v) is 7.70. The molecular weight excluding hydrogens is 325 g/mol. The van der Waals surface area contributed by atoms with E-state index in [0.717, 1.165) is 12.1 Å². The van der Waals surface area contributed by atoms with Crippen LogP contribution >= 0.6 is 0 Å². The van der Waals surface area contributed by atoms with E-state index >= 15 is 0 Å². The normalized spacial score (nSPS) is 12.0. The highest BCUT2D eigenvalue weighted by molar-refractivity contribution is 7.89. The Labute approximate surface area is 135 Å². The van der Waals surface area contributed by atoms with Crippen LogP contribution < -0.4 is 15.8 Å². The lowest BCUT2D eigenvalue weighted by molar-refractivity contribution is 0.0529. The molecule has 130 valence electrons. The summed E-state index contributed by atoms with van der Waals surface area (Å²) < 4.78 is 45.0. The number of carbonyl (C=O) groups is 1. The summed E-state index contributed by atoms with van der Waals surface area (Å²) in [6.45, 7) is 6.58. The van der Waals surface area contributed by atoms with E-state index in [0.29, 0.717) is 5.56 Å². The predicted octanol–water partition coefficient (Wildman–Crippen LogP) is 1.52. The lowest BCUT2D eigenvalue weighted by Crippen LogP contribution is -2.38. The number of rotatable bonds is 5. The maximum atomic E-state index is 13.8. The van der Waals surface area contributed by atoms with E-state index in [9.17, 15) is 17.6 Å². The van der Waals surface area contributed by atoms with E-state index in [-0.39, 0.29) is 18.8 Å². The molecule has 23 heavy (non-hydrogen) atoms. The Bertz CT molecular complexity index is 684. The van der Waals surface area contributed by atoms with Gasteiger partial charge in [-0.3, -0.25) is 0 Å². The van der Waals surface area contributed by atoms with E-state index in [4.69, 9.17) is 10.5 Å². The molecule has 0 saturated heterocycles. The van der Waals surface area contributed by atoms with Gasteiger partial charge >= 0.3 is 6.09 Å². The van der Waals surface area contributed by atoms with Crippen LogP contribution in [0.2, 0.25) is 0 Å². The van der Waals surface area contributed by atoms with Gasteiger partial charge in [-0.05, 0) is 45.4 Å². The number of nitrogens with two attached hydrogens (primary N) is 1. The van der Waals surface area contributed by atoms with Crippen molar-refractivity contribution in [1.82, 2.24) is 10.0 Å². The number of ether oxygens (including phenoxy) is 1. The Hall–Kier alpha value is -1.87. The molecule has 0 unspecified atom stereocenters. The summed E-state index contributed by atoms with van der Waals surface area (Å²) in [5, 5.41) is 2.39. The fourth-order valence-corrected chi connectivity index (χ4v) is 2.74. The zero-order valence-corrected chi connectivity index (χ0v) is 14.4. The van der Waals surface area contributed by atoms with E-state index in [2.05, 4.69) is 10.0 Å². The topological polar surface area (TPSA) is 111 Å². The van der Waals surface area contributed by atoms with Crippen molar-refractivity contribution in [2.45, 2.75) is 38.2 Å². The Morgan fingerprint density at radius 3 is 2.48 bits per heavy atom. The molecular formula is C14H22FN3O4S. The summed E-state index contributed by atoms with van der Waals surface area (Å²) >= 11 is 0. The average molecular weight is 347 g/mol. The molecule has 7 nitrogen and oxygen atoms in total. The molecule has 0 heterocycles. The monoisotopic (exact) mass is 347 g/mol. The average Bonchev–Trinajstić information content (AvgIpc) is 2.37. The van der Waals surface area contributed by atoms with Crippen LogP contribution in [0.4, 0.5) is 14.9 Å². The highest BCUT2D eigenvalue weighted by Gasteiger charge is 2.20. The summed E-state index contributed by atoms with van der Waals surface area (Å²) in [5.41, 5.74) is 5.59. The van der Waals surface area contributed by atoms with Crippen LogP contribution in [-0.4, -0.2) is 33.2 Å². The molecule has 0 bridgehead atoms. The number of hydrogen-bond donors (Lipinski definition) is 3. The van der Waals surface area contributed by atoms with Crippen LogP contribution in [-0.2, 0) is 14.8 Å². The first-order valence-electron chi connectivity index (χ1n) is 6.94. The molecule has 0 aliphatic rings. The molecule has 0 radical (unpaired) electrons. The van der Waals surface area contributed by atoms with Crippen molar-refractivity contribution in [2.75, 3.05) is 18.8 Å². The largest absolute Gasteiger partial charge is 0.444 e. The number of sulfonamides is 1. The first-order chi connectivity index (χ1) is 10.4. The highest BCUT2D eigenvalue weighted by atomic mass is 32.2.